The van der Waals surface area contributed by atoms with Gasteiger partial charge < -0.3 is 9.47 Å². The van der Waals surface area contributed by atoms with Crippen LogP contribution in [0.25, 0.3) is 0 Å². The minimum absolute atomic E-state index is 0.0627. The highest BCUT2D eigenvalue weighted by Gasteiger charge is 2.28. The Morgan fingerprint density at radius 1 is 0.697 bits per heavy atom. The van der Waals surface area contributed by atoms with Gasteiger partial charge in [0.25, 0.3) is 0 Å². The standard InChI is InChI=1S/C26H23F5O2/c1-3-5-14-7-8-17(22(29)20(14)27)13-32-19-10-9-16-12-18-11-15(6-4-2)21(28)24(31)26(18)33-25(16)23(19)30/h7-11H,3-6,12-13H2,1-2H3. The van der Waals surface area contributed by atoms with Crippen LogP contribution < -0.4 is 9.47 Å². The van der Waals surface area contributed by atoms with Crippen LogP contribution in [0.15, 0.2) is 30.3 Å². The number of halogens is 5. The summed E-state index contributed by atoms with van der Waals surface area (Å²) in [5.74, 6) is -5.94. The van der Waals surface area contributed by atoms with E-state index >= 15 is 4.39 Å². The molecule has 0 spiro atoms. The Balaban J connectivity index is 1.59. The van der Waals surface area contributed by atoms with Crippen molar-refractivity contribution in [3.8, 4) is 17.2 Å². The van der Waals surface area contributed by atoms with Crippen molar-refractivity contribution in [2.75, 3.05) is 0 Å². The number of rotatable bonds is 7. The lowest BCUT2D eigenvalue weighted by Gasteiger charge is -2.23. The summed E-state index contributed by atoms with van der Waals surface area (Å²) in [4.78, 5) is 0. The van der Waals surface area contributed by atoms with Gasteiger partial charge in [0.05, 0.1) is 0 Å². The monoisotopic (exact) mass is 462 g/mol. The van der Waals surface area contributed by atoms with Crippen molar-refractivity contribution in [1.29, 1.82) is 0 Å². The highest BCUT2D eigenvalue weighted by Crippen LogP contribution is 2.43. The summed E-state index contributed by atoms with van der Waals surface area (Å²) in [5, 5.41) is 0. The van der Waals surface area contributed by atoms with E-state index < -0.39 is 35.7 Å². The van der Waals surface area contributed by atoms with Crippen molar-refractivity contribution in [3.05, 3.63) is 87.2 Å². The zero-order valence-electron chi connectivity index (χ0n) is 18.3. The van der Waals surface area contributed by atoms with E-state index in [1.54, 1.807) is 12.1 Å². The van der Waals surface area contributed by atoms with Crippen LogP contribution in [0.2, 0.25) is 0 Å². The van der Waals surface area contributed by atoms with E-state index in [1.807, 2.05) is 13.8 Å². The summed E-state index contributed by atoms with van der Waals surface area (Å²) in [6.07, 6.45) is 2.25. The van der Waals surface area contributed by atoms with E-state index in [9.17, 15) is 17.6 Å². The van der Waals surface area contributed by atoms with E-state index in [4.69, 9.17) is 9.47 Å². The molecule has 4 rings (SSSR count). The van der Waals surface area contributed by atoms with Gasteiger partial charge in [-0.2, -0.15) is 8.78 Å². The average molecular weight is 462 g/mol. The molecule has 0 fully saturated rings. The number of ether oxygens (including phenoxy) is 2. The molecule has 0 radical (unpaired) electrons. The first-order valence-corrected chi connectivity index (χ1v) is 10.9. The predicted octanol–water partition coefficient (Wildman–Crippen LogP) is 7.56. The molecule has 0 aliphatic carbocycles. The quantitative estimate of drug-likeness (QED) is 0.264. The summed E-state index contributed by atoms with van der Waals surface area (Å²) >= 11 is 0. The molecule has 3 aromatic carbocycles. The van der Waals surface area contributed by atoms with Crippen LogP contribution in [0.4, 0.5) is 22.0 Å². The molecule has 3 aromatic rings. The third-order valence-corrected chi connectivity index (χ3v) is 5.71. The molecule has 0 atom stereocenters. The Hall–Kier alpha value is -3.09. The van der Waals surface area contributed by atoms with Gasteiger partial charge in [0.1, 0.15) is 6.61 Å². The zero-order valence-corrected chi connectivity index (χ0v) is 18.3. The Kier molecular flexibility index (Phi) is 6.58. The molecule has 0 saturated heterocycles. The molecule has 0 bridgehead atoms. The third kappa shape index (κ3) is 4.28. The number of hydrogen-bond acceptors (Lipinski definition) is 2. The maximum atomic E-state index is 15.1. The molecule has 1 aliphatic heterocycles. The molecular weight excluding hydrogens is 439 g/mol. The van der Waals surface area contributed by atoms with Crippen LogP contribution in [-0.4, -0.2) is 0 Å². The molecule has 0 amide bonds. The van der Waals surface area contributed by atoms with E-state index in [0.717, 1.165) is 0 Å². The minimum Gasteiger partial charge on any atom is -0.486 e. The minimum atomic E-state index is -1.16. The Morgan fingerprint density at radius 2 is 1.30 bits per heavy atom. The van der Waals surface area contributed by atoms with Crippen molar-refractivity contribution in [3.63, 3.8) is 0 Å². The molecule has 174 valence electrons. The largest absolute Gasteiger partial charge is 0.486 e. The molecular formula is C26H23F5O2. The first-order chi connectivity index (χ1) is 15.8. The van der Waals surface area contributed by atoms with Crippen LogP contribution in [0.1, 0.15) is 54.5 Å². The summed E-state index contributed by atoms with van der Waals surface area (Å²) in [5.41, 5.74) is 1.33. The zero-order chi connectivity index (χ0) is 23.7. The van der Waals surface area contributed by atoms with Crippen LogP contribution in [0.5, 0.6) is 17.2 Å². The predicted molar refractivity (Wildman–Crippen MR) is 114 cm³/mol. The van der Waals surface area contributed by atoms with Gasteiger partial charge in [0.2, 0.25) is 11.6 Å². The second-order valence-electron chi connectivity index (χ2n) is 8.10. The van der Waals surface area contributed by atoms with Crippen LogP contribution in [0.3, 0.4) is 0 Å². The van der Waals surface area contributed by atoms with Crippen LogP contribution in [-0.2, 0) is 25.9 Å². The lowest BCUT2D eigenvalue weighted by molar-refractivity contribution is 0.276. The molecule has 0 N–H and O–H groups in total. The van der Waals surface area contributed by atoms with Gasteiger partial charge in [0, 0.05) is 23.1 Å². The third-order valence-electron chi connectivity index (χ3n) is 5.71. The molecule has 0 saturated carbocycles. The van der Waals surface area contributed by atoms with E-state index in [0.29, 0.717) is 36.8 Å². The van der Waals surface area contributed by atoms with Gasteiger partial charge in [-0.15, -0.1) is 0 Å². The Labute approximate surface area is 189 Å². The molecule has 0 unspecified atom stereocenters. The average Bonchev–Trinajstić information content (AvgIpc) is 2.80. The van der Waals surface area contributed by atoms with Gasteiger partial charge in [-0.1, -0.05) is 44.9 Å². The van der Waals surface area contributed by atoms with Gasteiger partial charge in [-0.25, -0.2) is 13.2 Å². The van der Waals surface area contributed by atoms with Crippen LogP contribution in [0, 0.1) is 29.1 Å². The first kappa shape index (κ1) is 23.1. The molecule has 2 nitrogen and oxygen atoms in total. The number of hydrogen-bond donors (Lipinski definition) is 0. The van der Waals surface area contributed by atoms with E-state index in [-0.39, 0.29) is 40.4 Å². The highest BCUT2D eigenvalue weighted by molar-refractivity contribution is 5.54. The van der Waals surface area contributed by atoms with Crippen molar-refractivity contribution < 1.29 is 31.4 Å². The molecule has 33 heavy (non-hydrogen) atoms. The first-order valence-electron chi connectivity index (χ1n) is 10.9. The van der Waals surface area contributed by atoms with E-state index in [1.165, 1.54) is 18.2 Å². The second-order valence-corrected chi connectivity index (χ2v) is 8.10. The van der Waals surface area contributed by atoms with Crippen molar-refractivity contribution in [2.45, 2.75) is 52.6 Å². The Bertz CT molecular complexity index is 1210. The molecule has 1 heterocycles. The molecule has 1 aliphatic rings. The van der Waals surface area contributed by atoms with Crippen LogP contribution >= 0.6 is 0 Å². The second kappa shape index (κ2) is 9.41. The fourth-order valence-corrected chi connectivity index (χ4v) is 4.02. The highest BCUT2D eigenvalue weighted by atomic mass is 19.2. The van der Waals surface area contributed by atoms with Gasteiger partial charge in [-0.05, 0) is 36.1 Å². The fourth-order valence-electron chi connectivity index (χ4n) is 4.02. The van der Waals surface area contributed by atoms with Gasteiger partial charge in [-0.3, -0.25) is 0 Å². The fraction of sp³-hybridized carbons (Fsp3) is 0.308. The summed E-state index contributed by atoms with van der Waals surface area (Å²) in [7, 11) is 0. The number of aryl methyl sites for hydroxylation is 2. The van der Waals surface area contributed by atoms with Gasteiger partial charge >= 0.3 is 0 Å². The lowest BCUT2D eigenvalue weighted by atomic mass is 9.96. The summed E-state index contributed by atoms with van der Waals surface area (Å²) in [6, 6.07) is 7.34. The normalized spacial score (nSPS) is 12.2. The topological polar surface area (TPSA) is 18.5 Å². The summed E-state index contributed by atoms with van der Waals surface area (Å²) < 4.78 is 83.4. The van der Waals surface area contributed by atoms with Gasteiger partial charge in [0.15, 0.2) is 34.7 Å². The maximum absolute atomic E-state index is 15.1. The number of fused-ring (bicyclic) bond motifs is 2. The van der Waals surface area contributed by atoms with Crippen molar-refractivity contribution >= 4 is 0 Å². The lowest BCUT2D eigenvalue weighted by Crippen LogP contribution is -2.11. The maximum Gasteiger partial charge on any atom is 0.207 e. The molecule has 7 heteroatoms. The SMILES string of the molecule is CCCc1ccc(COc2ccc3c(c2F)Oc2c(cc(CCC)c(F)c2F)C3)c(F)c1F. The number of benzene rings is 3. The summed E-state index contributed by atoms with van der Waals surface area (Å²) in [6.45, 7) is 3.31. The van der Waals surface area contributed by atoms with E-state index in [2.05, 4.69) is 0 Å². The Morgan fingerprint density at radius 3 is 2.03 bits per heavy atom. The molecule has 0 aromatic heterocycles. The van der Waals surface area contributed by atoms with Crippen molar-refractivity contribution in [1.82, 2.24) is 0 Å². The smallest absolute Gasteiger partial charge is 0.207 e. The van der Waals surface area contributed by atoms with Crippen molar-refractivity contribution in [2.24, 2.45) is 0 Å².